The molecule has 1 aromatic heterocycles. The van der Waals surface area contributed by atoms with Gasteiger partial charge < -0.3 is 16.0 Å². The highest BCUT2D eigenvalue weighted by molar-refractivity contribution is 5.93. The Bertz CT molecular complexity index is 474. The molecule has 1 heterocycles. The molecule has 0 saturated heterocycles. The van der Waals surface area contributed by atoms with Gasteiger partial charge in [0, 0.05) is 18.8 Å². The fourth-order valence-corrected chi connectivity index (χ4v) is 1.81. The van der Waals surface area contributed by atoms with E-state index in [0.717, 1.165) is 13.0 Å². The van der Waals surface area contributed by atoms with E-state index < -0.39 is 0 Å². The fraction of sp³-hybridized carbons (Fsp3) is 0.500. The topological polar surface area (TPSA) is 78.4 Å². The zero-order valence-electron chi connectivity index (χ0n) is 11.9. The Labute approximate surface area is 119 Å². The minimum atomic E-state index is -0.154. The van der Waals surface area contributed by atoms with Gasteiger partial charge in [-0.3, -0.25) is 9.78 Å². The van der Waals surface area contributed by atoms with Crippen LogP contribution in [0.1, 0.15) is 20.3 Å². The molecule has 1 saturated carbocycles. The summed E-state index contributed by atoms with van der Waals surface area (Å²) in [5, 5.41) is 9.20. The van der Waals surface area contributed by atoms with Gasteiger partial charge >= 0.3 is 0 Å². The van der Waals surface area contributed by atoms with Crippen molar-refractivity contribution >= 4 is 17.6 Å². The molecule has 2 atom stereocenters. The highest BCUT2D eigenvalue weighted by Crippen LogP contribution is 2.28. The number of aliphatic imine (C=N–C) groups is 1. The number of carbonyl (C=O) groups is 1. The fourth-order valence-electron chi connectivity index (χ4n) is 1.81. The predicted octanol–water partition coefficient (Wildman–Crippen LogP) is 0.984. The molecule has 2 rings (SSSR count). The number of nitrogens with one attached hydrogen (secondary N) is 3. The van der Waals surface area contributed by atoms with Gasteiger partial charge in [0.05, 0.1) is 11.9 Å². The van der Waals surface area contributed by atoms with Crippen LogP contribution in [0.3, 0.4) is 0 Å². The molecule has 0 aliphatic heterocycles. The number of rotatable bonds is 5. The molecule has 2 unspecified atom stereocenters. The lowest BCUT2D eigenvalue weighted by atomic mass is 10.4. The SMILES string of the molecule is CCNC(=NCC(=O)Nc1cccnc1)NC1CC1C. The van der Waals surface area contributed by atoms with Gasteiger partial charge in [-0.05, 0) is 31.4 Å². The van der Waals surface area contributed by atoms with E-state index in [1.165, 1.54) is 0 Å². The van der Waals surface area contributed by atoms with Gasteiger partial charge in [0.25, 0.3) is 0 Å². The van der Waals surface area contributed by atoms with Crippen molar-refractivity contribution in [2.75, 3.05) is 18.4 Å². The number of aromatic nitrogens is 1. The maximum Gasteiger partial charge on any atom is 0.246 e. The molecule has 1 aliphatic carbocycles. The van der Waals surface area contributed by atoms with E-state index in [-0.39, 0.29) is 12.5 Å². The van der Waals surface area contributed by atoms with Crippen molar-refractivity contribution in [2.24, 2.45) is 10.9 Å². The maximum atomic E-state index is 11.8. The number of nitrogens with zero attached hydrogens (tertiary/aromatic N) is 2. The Morgan fingerprint density at radius 1 is 1.55 bits per heavy atom. The minimum Gasteiger partial charge on any atom is -0.357 e. The summed E-state index contributed by atoms with van der Waals surface area (Å²) in [5.74, 6) is 1.23. The summed E-state index contributed by atoms with van der Waals surface area (Å²) >= 11 is 0. The molecule has 6 heteroatoms. The van der Waals surface area contributed by atoms with E-state index in [1.807, 2.05) is 6.92 Å². The summed E-state index contributed by atoms with van der Waals surface area (Å²) in [6, 6.07) is 4.05. The van der Waals surface area contributed by atoms with E-state index in [2.05, 4.69) is 32.9 Å². The first-order valence-corrected chi connectivity index (χ1v) is 6.93. The van der Waals surface area contributed by atoms with Gasteiger partial charge in [0.15, 0.2) is 5.96 Å². The third kappa shape index (κ3) is 4.53. The van der Waals surface area contributed by atoms with Crippen LogP contribution in [0.15, 0.2) is 29.5 Å². The van der Waals surface area contributed by atoms with E-state index in [1.54, 1.807) is 24.5 Å². The minimum absolute atomic E-state index is 0.0886. The predicted molar refractivity (Wildman–Crippen MR) is 79.6 cm³/mol. The van der Waals surface area contributed by atoms with Crippen molar-refractivity contribution in [3.63, 3.8) is 0 Å². The number of amides is 1. The highest BCUT2D eigenvalue weighted by Gasteiger charge is 2.33. The van der Waals surface area contributed by atoms with Crippen LogP contribution < -0.4 is 16.0 Å². The largest absolute Gasteiger partial charge is 0.357 e. The summed E-state index contributed by atoms with van der Waals surface area (Å²) < 4.78 is 0. The highest BCUT2D eigenvalue weighted by atomic mass is 16.1. The first-order chi connectivity index (χ1) is 9.69. The third-order valence-electron chi connectivity index (χ3n) is 3.10. The second kappa shape index (κ2) is 6.88. The Balaban J connectivity index is 1.83. The van der Waals surface area contributed by atoms with Crippen LogP contribution in [-0.2, 0) is 4.79 Å². The lowest BCUT2D eigenvalue weighted by molar-refractivity contribution is -0.114. The molecule has 0 radical (unpaired) electrons. The van der Waals surface area contributed by atoms with Crippen LogP contribution in [-0.4, -0.2) is 36.0 Å². The summed E-state index contributed by atoms with van der Waals surface area (Å²) in [4.78, 5) is 20.0. The van der Waals surface area contributed by atoms with Crippen LogP contribution in [0.4, 0.5) is 5.69 Å². The summed E-state index contributed by atoms with van der Waals surface area (Å²) in [6.45, 7) is 5.06. The van der Waals surface area contributed by atoms with Crippen LogP contribution in [0.5, 0.6) is 0 Å². The molecule has 1 aliphatic rings. The molecule has 6 nitrogen and oxygen atoms in total. The van der Waals surface area contributed by atoms with E-state index in [4.69, 9.17) is 0 Å². The smallest absolute Gasteiger partial charge is 0.246 e. The molecule has 3 N–H and O–H groups in total. The molecular formula is C14H21N5O. The molecule has 0 bridgehead atoms. The van der Waals surface area contributed by atoms with Crippen molar-refractivity contribution in [3.05, 3.63) is 24.5 Å². The van der Waals surface area contributed by atoms with Crippen molar-refractivity contribution in [2.45, 2.75) is 26.3 Å². The Morgan fingerprint density at radius 2 is 2.35 bits per heavy atom. The number of hydrogen-bond acceptors (Lipinski definition) is 3. The van der Waals surface area contributed by atoms with E-state index in [9.17, 15) is 4.79 Å². The molecule has 0 spiro atoms. The second-order valence-corrected chi connectivity index (χ2v) is 4.95. The number of guanidine groups is 1. The molecule has 0 aromatic carbocycles. The lowest BCUT2D eigenvalue weighted by Gasteiger charge is -2.10. The Morgan fingerprint density at radius 3 is 2.95 bits per heavy atom. The van der Waals surface area contributed by atoms with E-state index >= 15 is 0 Å². The molecule has 1 aromatic rings. The number of anilines is 1. The first kappa shape index (κ1) is 14.3. The Hall–Kier alpha value is -2.11. The lowest BCUT2D eigenvalue weighted by Crippen LogP contribution is -2.39. The Kier molecular flexibility index (Phi) is 4.92. The van der Waals surface area contributed by atoms with Gasteiger partial charge in [-0.15, -0.1) is 0 Å². The van der Waals surface area contributed by atoms with Gasteiger partial charge in [-0.1, -0.05) is 6.92 Å². The maximum absolute atomic E-state index is 11.8. The van der Waals surface area contributed by atoms with Gasteiger partial charge in [-0.2, -0.15) is 0 Å². The van der Waals surface area contributed by atoms with Crippen LogP contribution in [0.2, 0.25) is 0 Å². The van der Waals surface area contributed by atoms with Gasteiger partial charge in [-0.25, -0.2) is 4.99 Å². The molecule has 108 valence electrons. The summed E-state index contributed by atoms with van der Waals surface area (Å²) in [5.41, 5.74) is 0.682. The van der Waals surface area contributed by atoms with Crippen LogP contribution >= 0.6 is 0 Å². The van der Waals surface area contributed by atoms with Crippen LogP contribution in [0, 0.1) is 5.92 Å². The average molecular weight is 275 g/mol. The molecule has 20 heavy (non-hydrogen) atoms. The van der Waals surface area contributed by atoms with Crippen molar-refractivity contribution in [1.82, 2.24) is 15.6 Å². The molecule has 1 fully saturated rings. The number of hydrogen-bond donors (Lipinski definition) is 3. The zero-order valence-corrected chi connectivity index (χ0v) is 11.9. The van der Waals surface area contributed by atoms with Crippen molar-refractivity contribution in [3.8, 4) is 0 Å². The zero-order chi connectivity index (χ0) is 14.4. The van der Waals surface area contributed by atoms with E-state index in [0.29, 0.717) is 23.6 Å². The van der Waals surface area contributed by atoms with Crippen molar-refractivity contribution < 1.29 is 4.79 Å². The second-order valence-electron chi connectivity index (χ2n) is 4.95. The van der Waals surface area contributed by atoms with Crippen molar-refractivity contribution in [1.29, 1.82) is 0 Å². The molecule has 1 amide bonds. The average Bonchev–Trinajstić information content (AvgIpc) is 3.13. The first-order valence-electron chi connectivity index (χ1n) is 6.93. The third-order valence-corrected chi connectivity index (χ3v) is 3.10. The number of pyridine rings is 1. The standard InChI is InChI=1S/C14H21N5O/c1-3-16-14(19-12-7-10(12)2)17-9-13(20)18-11-5-4-6-15-8-11/h4-6,8,10,12H,3,7,9H2,1-2H3,(H,18,20)(H2,16,17,19). The number of carbonyl (C=O) groups excluding carboxylic acids is 1. The monoisotopic (exact) mass is 275 g/mol. The van der Waals surface area contributed by atoms with Gasteiger partial charge in [0.1, 0.15) is 6.54 Å². The normalized spacial score (nSPS) is 21.2. The quantitative estimate of drug-likeness (QED) is 0.553. The van der Waals surface area contributed by atoms with Gasteiger partial charge in [0.2, 0.25) is 5.91 Å². The summed E-state index contributed by atoms with van der Waals surface area (Å²) in [7, 11) is 0. The summed E-state index contributed by atoms with van der Waals surface area (Å²) in [6.07, 6.45) is 4.43. The molecular weight excluding hydrogens is 254 g/mol. The van der Waals surface area contributed by atoms with Crippen LogP contribution in [0.25, 0.3) is 0 Å².